The van der Waals surface area contributed by atoms with E-state index in [9.17, 15) is 8.42 Å². The van der Waals surface area contributed by atoms with E-state index < -0.39 is 10.0 Å². The Bertz CT molecular complexity index is 694. The molecule has 1 aromatic carbocycles. The van der Waals surface area contributed by atoms with Crippen molar-refractivity contribution >= 4 is 10.0 Å². The second-order valence-electron chi connectivity index (χ2n) is 4.67. The average Bonchev–Trinajstić information content (AvgIpc) is 2.81. The maximum Gasteiger partial charge on any atom is 0.238 e. The van der Waals surface area contributed by atoms with Gasteiger partial charge in [0.15, 0.2) is 0 Å². The quantitative estimate of drug-likeness (QED) is 0.858. The monoisotopic (exact) mass is 294 g/mol. The number of sulfonamides is 1. The summed E-state index contributed by atoms with van der Waals surface area (Å²) in [4.78, 5) is 4.35. The Hall–Kier alpha value is -1.70. The largest absolute Gasteiger partial charge is 0.337 e. The molecule has 0 aliphatic carbocycles. The van der Waals surface area contributed by atoms with Crippen LogP contribution in [0, 0.1) is 0 Å². The third-order valence-electron chi connectivity index (χ3n) is 3.17. The number of nitrogens with two attached hydrogens (primary N) is 1. The summed E-state index contributed by atoms with van der Waals surface area (Å²) in [5.74, 6) is 0.916. The number of primary sulfonamides is 1. The SMILES string of the molecule is CC(NCc1nccn1C)c1cccc(S(N)(=O)=O)c1. The van der Waals surface area contributed by atoms with Gasteiger partial charge in [0.2, 0.25) is 10.0 Å². The van der Waals surface area contributed by atoms with Crippen LogP contribution in [0.25, 0.3) is 0 Å². The zero-order valence-corrected chi connectivity index (χ0v) is 12.3. The van der Waals surface area contributed by atoms with Gasteiger partial charge in [-0.05, 0) is 24.6 Å². The molecule has 0 spiro atoms. The van der Waals surface area contributed by atoms with Crippen molar-refractivity contribution in [1.82, 2.24) is 14.9 Å². The third kappa shape index (κ3) is 3.44. The number of nitrogens with one attached hydrogen (secondary N) is 1. The molecule has 0 bridgehead atoms. The predicted molar refractivity (Wildman–Crippen MR) is 76.3 cm³/mol. The van der Waals surface area contributed by atoms with Crippen molar-refractivity contribution in [3.63, 3.8) is 0 Å². The fraction of sp³-hybridized carbons (Fsp3) is 0.308. The van der Waals surface area contributed by atoms with Crippen molar-refractivity contribution in [3.8, 4) is 0 Å². The molecule has 0 amide bonds. The summed E-state index contributed by atoms with van der Waals surface area (Å²) in [6.45, 7) is 2.56. The molecule has 6 nitrogen and oxygen atoms in total. The lowest BCUT2D eigenvalue weighted by molar-refractivity contribution is 0.548. The summed E-state index contributed by atoms with van der Waals surface area (Å²) >= 11 is 0. The van der Waals surface area contributed by atoms with Gasteiger partial charge in [0, 0.05) is 25.5 Å². The van der Waals surface area contributed by atoms with Crippen LogP contribution < -0.4 is 10.5 Å². The van der Waals surface area contributed by atoms with Crippen LogP contribution >= 0.6 is 0 Å². The van der Waals surface area contributed by atoms with Crippen molar-refractivity contribution in [2.45, 2.75) is 24.4 Å². The zero-order chi connectivity index (χ0) is 14.8. The van der Waals surface area contributed by atoms with Gasteiger partial charge in [-0.3, -0.25) is 0 Å². The first-order valence-electron chi connectivity index (χ1n) is 6.20. The molecule has 0 aliphatic heterocycles. The van der Waals surface area contributed by atoms with Gasteiger partial charge in [0.05, 0.1) is 11.4 Å². The molecule has 1 aromatic heterocycles. The lowest BCUT2D eigenvalue weighted by Gasteiger charge is -2.15. The van der Waals surface area contributed by atoms with E-state index in [-0.39, 0.29) is 10.9 Å². The maximum absolute atomic E-state index is 11.3. The van der Waals surface area contributed by atoms with Gasteiger partial charge < -0.3 is 9.88 Å². The topological polar surface area (TPSA) is 90.0 Å². The highest BCUT2D eigenvalue weighted by atomic mass is 32.2. The Morgan fingerprint density at radius 1 is 1.45 bits per heavy atom. The summed E-state index contributed by atoms with van der Waals surface area (Å²) in [6, 6.07) is 6.63. The summed E-state index contributed by atoms with van der Waals surface area (Å²) in [5, 5.41) is 8.44. The number of rotatable bonds is 5. The van der Waals surface area contributed by atoms with Crippen LogP contribution in [0.4, 0.5) is 0 Å². The van der Waals surface area contributed by atoms with E-state index >= 15 is 0 Å². The highest BCUT2D eigenvalue weighted by Gasteiger charge is 2.11. The molecule has 3 N–H and O–H groups in total. The zero-order valence-electron chi connectivity index (χ0n) is 11.4. The Balaban J connectivity index is 2.10. The number of aryl methyl sites for hydroxylation is 1. The number of nitrogens with zero attached hydrogens (tertiary/aromatic N) is 2. The van der Waals surface area contributed by atoms with Crippen LogP contribution in [0.15, 0.2) is 41.6 Å². The number of hydrogen-bond donors (Lipinski definition) is 2. The molecule has 0 fully saturated rings. The Kier molecular flexibility index (Phi) is 4.22. The van der Waals surface area contributed by atoms with E-state index in [2.05, 4.69) is 10.3 Å². The first-order chi connectivity index (χ1) is 9.38. The minimum absolute atomic E-state index is 0.00611. The molecular formula is C13H18N4O2S. The number of imidazole rings is 1. The van der Waals surface area contributed by atoms with E-state index in [1.807, 2.05) is 30.8 Å². The molecule has 2 rings (SSSR count). The molecule has 20 heavy (non-hydrogen) atoms. The lowest BCUT2D eigenvalue weighted by Crippen LogP contribution is -2.21. The summed E-state index contributed by atoms with van der Waals surface area (Å²) in [5.41, 5.74) is 0.866. The smallest absolute Gasteiger partial charge is 0.238 e. The minimum Gasteiger partial charge on any atom is -0.337 e. The standard InChI is InChI=1S/C13H18N4O2S/c1-10(16-9-13-15-6-7-17(13)2)11-4-3-5-12(8-11)20(14,18)19/h3-8,10,16H,9H2,1-2H3,(H2,14,18,19). The first kappa shape index (κ1) is 14.7. The molecule has 0 saturated carbocycles. The number of benzene rings is 1. The Morgan fingerprint density at radius 3 is 2.80 bits per heavy atom. The van der Waals surface area contributed by atoms with Gasteiger partial charge in [-0.1, -0.05) is 12.1 Å². The van der Waals surface area contributed by atoms with Crippen molar-refractivity contribution in [2.75, 3.05) is 0 Å². The second kappa shape index (κ2) is 5.74. The fourth-order valence-electron chi connectivity index (χ4n) is 1.89. The summed E-state index contributed by atoms with van der Waals surface area (Å²) in [7, 11) is -1.74. The maximum atomic E-state index is 11.3. The molecule has 1 atom stereocenters. The van der Waals surface area contributed by atoms with Crippen molar-refractivity contribution in [1.29, 1.82) is 0 Å². The molecule has 1 heterocycles. The number of aromatic nitrogens is 2. The van der Waals surface area contributed by atoms with Crippen LogP contribution in [0.1, 0.15) is 24.4 Å². The van der Waals surface area contributed by atoms with E-state index in [0.717, 1.165) is 11.4 Å². The number of hydrogen-bond acceptors (Lipinski definition) is 4. The van der Waals surface area contributed by atoms with Gasteiger partial charge in [-0.2, -0.15) is 0 Å². The van der Waals surface area contributed by atoms with Crippen LogP contribution in [0.2, 0.25) is 0 Å². The molecule has 0 radical (unpaired) electrons. The van der Waals surface area contributed by atoms with Gasteiger partial charge in [-0.15, -0.1) is 0 Å². The molecule has 0 saturated heterocycles. The van der Waals surface area contributed by atoms with Crippen LogP contribution in [0.5, 0.6) is 0 Å². The van der Waals surface area contributed by atoms with Crippen molar-refractivity contribution < 1.29 is 8.42 Å². The van der Waals surface area contributed by atoms with Crippen LogP contribution in [-0.4, -0.2) is 18.0 Å². The van der Waals surface area contributed by atoms with Gasteiger partial charge in [0.25, 0.3) is 0 Å². The molecule has 1 unspecified atom stereocenters. The Labute approximate surface area is 118 Å². The lowest BCUT2D eigenvalue weighted by atomic mass is 10.1. The van der Waals surface area contributed by atoms with Gasteiger partial charge in [0.1, 0.15) is 5.82 Å². The van der Waals surface area contributed by atoms with E-state index in [0.29, 0.717) is 6.54 Å². The van der Waals surface area contributed by atoms with Crippen molar-refractivity contribution in [2.24, 2.45) is 12.2 Å². The average molecular weight is 294 g/mol. The van der Waals surface area contributed by atoms with Crippen LogP contribution in [0.3, 0.4) is 0 Å². The summed E-state index contributed by atoms with van der Waals surface area (Å²) in [6.07, 6.45) is 3.62. The van der Waals surface area contributed by atoms with E-state index in [1.54, 1.807) is 18.3 Å². The molecule has 2 aromatic rings. The summed E-state index contributed by atoms with van der Waals surface area (Å²) < 4.78 is 24.6. The molecule has 108 valence electrons. The second-order valence-corrected chi connectivity index (χ2v) is 6.24. The van der Waals surface area contributed by atoms with E-state index in [1.165, 1.54) is 6.07 Å². The highest BCUT2D eigenvalue weighted by Crippen LogP contribution is 2.17. The third-order valence-corrected chi connectivity index (χ3v) is 4.08. The first-order valence-corrected chi connectivity index (χ1v) is 7.75. The molecular weight excluding hydrogens is 276 g/mol. The van der Waals surface area contributed by atoms with Gasteiger partial charge >= 0.3 is 0 Å². The highest BCUT2D eigenvalue weighted by molar-refractivity contribution is 7.89. The fourth-order valence-corrected chi connectivity index (χ4v) is 2.46. The van der Waals surface area contributed by atoms with E-state index in [4.69, 9.17) is 5.14 Å². The Morgan fingerprint density at radius 2 is 2.20 bits per heavy atom. The van der Waals surface area contributed by atoms with Gasteiger partial charge in [-0.25, -0.2) is 18.5 Å². The predicted octanol–water partition coefficient (Wildman–Crippen LogP) is 0.918. The molecule has 0 aliphatic rings. The minimum atomic E-state index is -3.67. The normalized spacial score (nSPS) is 13.3. The van der Waals surface area contributed by atoms with Crippen molar-refractivity contribution in [3.05, 3.63) is 48.0 Å². The van der Waals surface area contributed by atoms with Crippen LogP contribution in [-0.2, 0) is 23.6 Å². The molecule has 7 heteroatoms.